The third-order valence-electron chi connectivity index (χ3n) is 4.94. The zero-order chi connectivity index (χ0) is 24.6. The molecule has 1 aromatic carbocycles. The summed E-state index contributed by atoms with van der Waals surface area (Å²) < 4.78 is 16.1. The Balaban J connectivity index is 0.000000257. The second-order valence-corrected chi connectivity index (χ2v) is 10.7. The van der Waals surface area contributed by atoms with E-state index in [1.807, 2.05) is 71.9 Å². The molecule has 0 spiro atoms. The van der Waals surface area contributed by atoms with E-state index in [1.165, 1.54) is 5.56 Å². The summed E-state index contributed by atoms with van der Waals surface area (Å²) in [4.78, 5) is 26.4. The Morgan fingerprint density at radius 1 is 0.848 bits per heavy atom. The molecule has 2 saturated heterocycles. The van der Waals surface area contributed by atoms with Crippen molar-refractivity contribution in [3.05, 3.63) is 35.9 Å². The van der Waals surface area contributed by atoms with Crippen LogP contribution in [0.25, 0.3) is 0 Å². The molecule has 2 amide bonds. The summed E-state index contributed by atoms with van der Waals surface area (Å²) in [6, 6.07) is 10.1. The molecule has 2 fully saturated rings. The van der Waals surface area contributed by atoms with E-state index in [9.17, 15) is 9.59 Å². The largest absolute Gasteiger partial charge is 0.444 e. The van der Waals surface area contributed by atoms with Crippen LogP contribution < -0.4 is 0 Å². The van der Waals surface area contributed by atoms with E-state index < -0.39 is 11.2 Å². The summed E-state index contributed by atoms with van der Waals surface area (Å²) in [6.07, 6.45) is -0.506. The second kappa shape index (κ2) is 11.7. The van der Waals surface area contributed by atoms with Gasteiger partial charge in [-0.25, -0.2) is 9.59 Å². The van der Waals surface area contributed by atoms with Gasteiger partial charge in [-0.2, -0.15) is 0 Å². The molecule has 0 unspecified atom stereocenters. The van der Waals surface area contributed by atoms with Gasteiger partial charge >= 0.3 is 12.2 Å². The minimum Gasteiger partial charge on any atom is -0.444 e. The Morgan fingerprint density at radius 2 is 1.30 bits per heavy atom. The number of aliphatic hydroxyl groups is 1. The lowest BCUT2D eigenvalue weighted by atomic mass is 10.0. The SMILES string of the molecule is CC(C)(C)OC(=O)N1CC(CO)C1.CC(C)(C)OC(=O)N1CC(COCc2ccccc2)C1. The maximum atomic E-state index is 11.7. The van der Waals surface area contributed by atoms with Gasteiger partial charge in [0.05, 0.1) is 13.2 Å². The highest BCUT2D eigenvalue weighted by atomic mass is 16.6. The third kappa shape index (κ3) is 10.0. The number of hydrogen-bond donors (Lipinski definition) is 1. The van der Waals surface area contributed by atoms with Crippen molar-refractivity contribution < 1.29 is 28.9 Å². The molecular weight excluding hydrogens is 424 g/mol. The zero-order valence-corrected chi connectivity index (χ0v) is 20.9. The van der Waals surface area contributed by atoms with Gasteiger partial charge in [0.15, 0.2) is 0 Å². The van der Waals surface area contributed by atoms with Gasteiger partial charge in [-0.15, -0.1) is 0 Å². The van der Waals surface area contributed by atoms with Crippen molar-refractivity contribution in [2.75, 3.05) is 39.4 Å². The number of likely N-dealkylation sites (tertiary alicyclic amines) is 2. The molecule has 2 aliphatic heterocycles. The molecule has 3 rings (SSSR count). The topological polar surface area (TPSA) is 88.5 Å². The van der Waals surface area contributed by atoms with E-state index in [0.717, 1.165) is 13.1 Å². The van der Waals surface area contributed by atoms with E-state index in [2.05, 4.69) is 0 Å². The van der Waals surface area contributed by atoms with Crippen LogP contribution in [0, 0.1) is 11.8 Å². The fraction of sp³-hybridized carbons (Fsp3) is 0.680. The highest BCUT2D eigenvalue weighted by Gasteiger charge is 2.34. The highest BCUT2D eigenvalue weighted by Crippen LogP contribution is 2.20. The minimum absolute atomic E-state index is 0.152. The molecule has 2 heterocycles. The Bertz CT molecular complexity index is 744. The van der Waals surface area contributed by atoms with Crippen LogP contribution in [0.15, 0.2) is 30.3 Å². The third-order valence-corrected chi connectivity index (χ3v) is 4.94. The lowest BCUT2D eigenvalue weighted by molar-refractivity contribution is -0.0227. The summed E-state index contributed by atoms with van der Waals surface area (Å²) in [6.45, 7) is 15.3. The van der Waals surface area contributed by atoms with Crippen molar-refractivity contribution in [2.45, 2.75) is 59.4 Å². The van der Waals surface area contributed by atoms with Crippen molar-refractivity contribution in [1.29, 1.82) is 0 Å². The number of aliphatic hydroxyl groups excluding tert-OH is 1. The number of hydrogen-bond acceptors (Lipinski definition) is 6. The summed E-state index contributed by atoms with van der Waals surface area (Å²) in [7, 11) is 0. The number of amides is 2. The predicted molar refractivity (Wildman–Crippen MR) is 126 cm³/mol. The summed E-state index contributed by atoms with van der Waals surface area (Å²) >= 11 is 0. The van der Waals surface area contributed by atoms with Crippen LogP contribution in [0.2, 0.25) is 0 Å². The second-order valence-electron chi connectivity index (χ2n) is 10.7. The predicted octanol–water partition coefficient (Wildman–Crippen LogP) is 3.92. The average molecular weight is 465 g/mol. The van der Waals surface area contributed by atoms with Gasteiger partial charge in [-0.1, -0.05) is 30.3 Å². The van der Waals surface area contributed by atoms with Crippen molar-refractivity contribution in [1.82, 2.24) is 9.80 Å². The van der Waals surface area contributed by atoms with Crippen molar-refractivity contribution >= 4 is 12.2 Å². The fourth-order valence-corrected chi connectivity index (χ4v) is 3.23. The molecule has 0 aliphatic carbocycles. The van der Waals surface area contributed by atoms with E-state index in [4.69, 9.17) is 19.3 Å². The number of nitrogens with zero attached hydrogens (tertiary/aromatic N) is 2. The van der Waals surface area contributed by atoms with Gasteiger partial charge in [0.2, 0.25) is 0 Å². The Morgan fingerprint density at radius 3 is 1.73 bits per heavy atom. The van der Waals surface area contributed by atoms with E-state index in [-0.39, 0.29) is 24.7 Å². The Labute approximate surface area is 197 Å². The first-order valence-corrected chi connectivity index (χ1v) is 11.5. The number of carbonyl (C=O) groups is 2. The normalized spacial score (nSPS) is 16.8. The fourth-order valence-electron chi connectivity index (χ4n) is 3.23. The highest BCUT2D eigenvalue weighted by molar-refractivity contribution is 5.69. The molecule has 1 aromatic rings. The van der Waals surface area contributed by atoms with Crippen LogP contribution in [-0.4, -0.2) is 77.7 Å². The first kappa shape index (κ1) is 26.9. The van der Waals surface area contributed by atoms with Gasteiger partial charge in [-0.05, 0) is 47.1 Å². The molecule has 0 aromatic heterocycles. The Kier molecular flexibility index (Phi) is 9.55. The molecule has 33 heavy (non-hydrogen) atoms. The van der Waals surface area contributed by atoms with Crippen LogP contribution in [-0.2, 0) is 20.8 Å². The summed E-state index contributed by atoms with van der Waals surface area (Å²) in [5, 5.41) is 8.74. The average Bonchev–Trinajstić information content (AvgIpc) is 2.61. The van der Waals surface area contributed by atoms with Crippen LogP contribution >= 0.6 is 0 Å². The molecule has 1 N–H and O–H groups in total. The molecule has 0 saturated carbocycles. The smallest absolute Gasteiger partial charge is 0.410 e. The van der Waals surface area contributed by atoms with Crippen LogP contribution in [0.1, 0.15) is 47.1 Å². The number of carbonyl (C=O) groups excluding carboxylic acids is 2. The number of ether oxygens (including phenoxy) is 3. The molecular formula is C25H40N2O6. The maximum absolute atomic E-state index is 11.7. The van der Waals surface area contributed by atoms with E-state index in [0.29, 0.717) is 32.2 Å². The first-order valence-electron chi connectivity index (χ1n) is 11.5. The van der Waals surface area contributed by atoms with Crippen molar-refractivity contribution in [3.8, 4) is 0 Å². The van der Waals surface area contributed by atoms with Gasteiger partial charge < -0.3 is 29.1 Å². The summed E-state index contributed by atoms with van der Waals surface area (Å²) in [5.41, 5.74) is 0.323. The van der Waals surface area contributed by atoms with Crippen molar-refractivity contribution in [3.63, 3.8) is 0 Å². The van der Waals surface area contributed by atoms with Gasteiger partial charge in [-0.3, -0.25) is 0 Å². The van der Waals surface area contributed by atoms with Gasteiger partial charge in [0, 0.05) is 44.6 Å². The lowest BCUT2D eigenvalue weighted by Gasteiger charge is -2.39. The molecule has 8 heteroatoms. The van der Waals surface area contributed by atoms with E-state index >= 15 is 0 Å². The maximum Gasteiger partial charge on any atom is 0.410 e. The van der Waals surface area contributed by atoms with Crippen LogP contribution in [0.4, 0.5) is 9.59 Å². The monoisotopic (exact) mass is 464 g/mol. The first-order chi connectivity index (χ1) is 15.4. The number of benzene rings is 1. The standard InChI is InChI=1S/C16H23NO3.C9H17NO3/c1-16(2,3)20-15(18)17-9-14(10-17)12-19-11-13-7-5-4-6-8-13;1-9(2,3)13-8(12)10-4-7(5-10)6-11/h4-8,14H,9-12H2,1-3H3;7,11H,4-6H2,1-3H3. The molecule has 0 bridgehead atoms. The van der Waals surface area contributed by atoms with E-state index in [1.54, 1.807) is 9.80 Å². The zero-order valence-electron chi connectivity index (χ0n) is 20.9. The molecule has 2 aliphatic rings. The summed E-state index contributed by atoms with van der Waals surface area (Å²) in [5.74, 6) is 0.666. The molecule has 0 radical (unpaired) electrons. The van der Waals surface area contributed by atoms with Crippen molar-refractivity contribution in [2.24, 2.45) is 11.8 Å². The van der Waals surface area contributed by atoms with Gasteiger partial charge in [0.1, 0.15) is 11.2 Å². The minimum atomic E-state index is -0.429. The molecule has 0 atom stereocenters. The lowest BCUT2D eigenvalue weighted by Crippen LogP contribution is -2.53. The Hall–Kier alpha value is -2.32. The quantitative estimate of drug-likeness (QED) is 0.711. The van der Waals surface area contributed by atoms with Crippen LogP contribution in [0.5, 0.6) is 0 Å². The van der Waals surface area contributed by atoms with Gasteiger partial charge in [0.25, 0.3) is 0 Å². The molecule has 186 valence electrons. The molecule has 8 nitrogen and oxygen atoms in total. The number of rotatable bonds is 5. The van der Waals surface area contributed by atoms with Crippen LogP contribution in [0.3, 0.4) is 0 Å².